The molecule has 0 saturated carbocycles. The van der Waals surface area contributed by atoms with E-state index in [0.717, 1.165) is 17.4 Å². The first kappa shape index (κ1) is 14.5. The van der Waals surface area contributed by atoms with Crippen molar-refractivity contribution in [3.05, 3.63) is 28.5 Å². The van der Waals surface area contributed by atoms with E-state index in [0.29, 0.717) is 11.8 Å². The third-order valence-electron chi connectivity index (χ3n) is 2.40. The zero-order chi connectivity index (χ0) is 12.8. The Kier molecular flexibility index (Phi) is 5.92. The summed E-state index contributed by atoms with van der Waals surface area (Å²) >= 11 is 3.31. The van der Waals surface area contributed by atoms with E-state index < -0.39 is 0 Å². The first-order chi connectivity index (χ1) is 8.02. The second-order valence-corrected chi connectivity index (χ2v) is 5.20. The van der Waals surface area contributed by atoms with Gasteiger partial charge in [0.2, 0.25) is 0 Å². The highest BCUT2D eigenvalue weighted by molar-refractivity contribution is 9.10. The summed E-state index contributed by atoms with van der Waals surface area (Å²) in [5.41, 5.74) is 0. The molecular weight excluding hydrogens is 285 g/mol. The largest absolute Gasteiger partial charge is 0.486 e. The van der Waals surface area contributed by atoms with E-state index in [4.69, 9.17) is 4.74 Å². The Morgan fingerprint density at radius 1 is 1.41 bits per heavy atom. The predicted molar refractivity (Wildman–Crippen MR) is 71.9 cm³/mol. The van der Waals surface area contributed by atoms with E-state index in [1.54, 1.807) is 12.1 Å². The van der Waals surface area contributed by atoms with Gasteiger partial charge in [-0.2, -0.15) is 0 Å². The molecule has 17 heavy (non-hydrogen) atoms. The fourth-order valence-electron chi connectivity index (χ4n) is 1.38. The average Bonchev–Trinajstić information content (AvgIpc) is 2.28. The lowest BCUT2D eigenvalue weighted by atomic mass is 10.2. The van der Waals surface area contributed by atoms with Crippen LogP contribution >= 0.6 is 15.9 Å². The molecule has 0 aliphatic rings. The van der Waals surface area contributed by atoms with Crippen molar-refractivity contribution < 1.29 is 9.13 Å². The van der Waals surface area contributed by atoms with Gasteiger partial charge in [-0.25, -0.2) is 4.39 Å². The molecule has 1 atom stereocenters. The molecule has 0 aliphatic heterocycles. The van der Waals surface area contributed by atoms with Gasteiger partial charge in [0.05, 0.1) is 0 Å². The Balaban J connectivity index is 2.63. The van der Waals surface area contributed by atoms with Crippen LogP contribution in [-0.4, -0.2) is 18.7 Å². The lowest BCUT2D eigenvalue weighted by molar-refractivity contribution is 0.182. The standard InChI is InChI=1S/C13H19BrFNO/c1-4-11(8-16-9(2)3)17-13-7-10(14)5-6-12(13)15/h5-7,9,11,16H,4,8H2,1-3H3. The van der Waals surface area contributed by atoms with Gasteiger partial charge in [-0.3, -0.25) is 0 Å². The van der Waals surface area contributed by atoms with Gasteiger partial charge < -0.3 is 10.1 Å². The molecule has 0 saturated heterocycles. The van der Waals surface area contributed by atoms with Crippen LogP contribution in [0.2, 0.25) is 0 Å². The summed E-state index contributed by atoms with van der Waals surface area (Å²) in [6, 6.07) is 5.13. The van der Waals surface area contributed by atoms with Gasteiger partial charge in [-0.15, -0.1) is 0 Å². The maximum atomic E-state index is 13.5. The van der Waals surface area contributed by atoms with Crippen molar-refractivity contribution in [2.75, 3.05) is 6.54 Å². The fraction of sp³-hybridized carbons (Fsp3) is 0.538. The second kappa shape index (κ2) is 6.97. The molecule has 0 aliphatic carbocycles. The topological polar surface area (TPSA) is 21.3 Å². The Labute approximate surface area is 111 Å². The van der Waals surface area contributed by atoms with Crippen molar-refractivity contribution in [3.8, 4) is 5.75 Å². The normalized spacial score (nSPS) is 12.8. The van der Waals surface area contributed by atoms with E-state index in [1.807, 2.05) is 6.92 Å². The van der Waals surface area contributed by atoms with Crippen molar-refractivity contribution in [1.29, 1.82) is 0 Å². The molecule has 0 heterocycles. The monoisotopic (exact) mass is 303 g/mol. The maximum Gasteiger partial charge on any atom is 0.165 e. The first-order valence-corrected chi connectivity index (χ1v) is 6.67. The highest BCUT2D eigenvalue weighted by Gasteiger charge is 2.12. The van der Waals surface area contributed by atoms with Crippen LogP contribution in [0.5, 0.6) is 5.75 Å². The number of hydrogen-bond donors (Lipinski definition) is 1. The lowest BCUT2D eigenvalue weighted by Gasteiger charge is -2.20. The number of ether oxygens (including phenoxy) is 1. The summed E-state index contributed by atoms with van der Waals surface area (Å²) in [4.78, 5) is 0. The van der Waals surface area contributed by atoms with Crippen LogP contribution in [0, 0.1) is 5.82 Å². The quantitative estimate of drug-likeness (QED) is 0.864. The van der Waals surface area contributed by atoms with E-state index >= 15 is 0 Å². The summed E-state index contributed by atoms with van der Waals surface area (Å²) in [5, 5.41) is 3.29. The van der Waals surface area contributed by atoms with Crippen molar-refractivity contribution in [2.24, 2.45) is 0 Å². The summed E-state index contributed by atoms with van der Waals surface area (Å²) < 4.78 is 20.0. The zero-order valence-corrected chi connectivity index (χ0v) is 12.1. The number of hydrogen-bond acceptors (Lipinski definition) is 2. The Bertz CT molecular complexity index is 357. The van der Waals surface area contributed by atoms with Crippen molar-refractivity contribution in [3.63, 3.8) is 0 Å². The van der Waals surface area contributed by atoms with E-state index in [9.17, 15) is 4.39 Å². The number of nitrogens with one attached hydrogen (secondary N) is 1. The summed E-state index contributed by atoms with van der Waals surface area (Å²) in [5.74, 6) is -0.0204. The first-order valence-electron chi connectivity index (χ1n) is 5.88. The van der Waals surface area contributed by atoms with Gasteiger partial charge in [0.1, 0.15) is 6.10 Å². The van der Waals surface area contributed by atoms with Crippen molar-refractivity contribution in [2.45, 2.75) is 39.3 Å². The number of halogens is 2. The van der Waals surface area contributed by atoms with Crippen LogP contribution in [0.4, 0.5) is 4.39 Å². The van der Waals surface area contributed by atoms with Crippen LogP contribution in [0.15, 0.2) is 22.7 Å². The van der Waals surface area contributed by atoms with Gasteiger partial charge in [-0.05, 0) is 24.6 Å². The van der Waals surface area contributed by atoms with E-state index in [1.165, 1.54) is 6.07 Å². The Morgan fingerprint density at radius 2 is 2.12 bits per heavy atom. The smallest absolute Gasteiger partial charge is 0.165 e. The Morgan fingerprint density at radius 3 is 2.71 bits per heavy atom. The van der Waals surface area contributed by atoms with Gasteiger partial charge >= 0.3 is 0 Å². The number of rotatable bonds is 6. The van der Waals surface area contributed by atoms with Crippen LogP contribution in [0.25, 0.3) is 0 Å². The minimum Gasteiger partial charge on any atom is -0.486 e. The summed E-state index contributed by atoms with van der Waals surface area (Å²) in [6.45, 7) is 6.90. The molecule has 2 nitrogen and oxygen atoms in total. The molecule has 1 rings (SSSR count). The molecule has 0 fully saturated rings. The lowest BCUT2D eigenvalue weighted by Crippen LogP contribution is -2.35. The second-order valence-electron chi connectivity index (χ2n) is 4.29. The zero-order valence-electron chi connectivity index (χ0n) is 10.5. The van der Waals surface area contributed by atoms with Crippen molar-refractivity contribution >= 4 is 15.9 Å². The predicted octanol–water partition coefficient (Wildman–Crippen LogP) is 3.74. The Hall–Kier alpha value is -0.610. The van der Waals surface area contributed by atoms with Gasteiger partial charge in [-0.1, -0.05) is 36.7 Å². The van der Waals surface area contributed by atoms with Gasteiger partial charge in [0.15, 0.2) is 11.6 Å². The molecule has 1 aromatic rings. The molecule has 0 spiro atoms. The molecule has 0 amide bonds. The highest BCUT2D eigenvalue weighted by Crippen LogP contribution is 2.23. The molecular formula is C13H19BrFNO. The molecule has 4 heteroatoms. The minimum atomic E-state index is -0.323. The van der Waals surface area contributed by atoms with Crippen LogP contribution in [-0.2, 0) is 0 Å². The molecule has 1 aromatic carbocycles. The van der Waals surface area contributed by atoms with Gasteiger partial charge in [0, 0.05) is 17.1 Å². The maximum absolute atomic E-state index is 13.5. The van der Waals surface area contributed by atoms with E-state index in [2.05, 4.69) is 35.1 Å². The average molecular weight is 304 g/mol. The van der Waals surface area contributed by atoms with Crippen LogP contribution in [0.1, 0.15) is 27.2 Å². The van der Waals surface area contributed by atoms with Crippen LogP contribution < -0.4 is 10.1 Å². The summed E-state index contributed by atoms with van der Waals surface area (Å²) in [7, 11) is 0. The SMILES string of the molecule is CCC(CNC(C)C)Oc1cc(Br)ccc1F. The molecule has 0 radical (unpaired) electrons. The van der Waals surface area contributed by atoms with Crippen LogP contribution in [0.3, 0.4) is 0 Å². The molecule has 96 valence electrons. The fourth-order valence-corrected chi connectivity index (χ4v) is 1.72. The third-order valence-corrected chi connectivity index (χ3v) is 2.89. The molecule has 1 N–H and O–H groups in total. The molecule has 0 aromatic heterocycles. The van der Waals surface area contributed by atoms with E-state index in [-0.39, 0.29) is 11.9 Å². The highest BCUT2D eigenvalue weighted by atomic mass is 79.9. The van der Waals surface area contributed by atoms with Crippen molar-refractivity contribution in [1.82, 2.24) is 5.32 Å². The number of benzene rings is 1. The summed E-state index contributed by atoms with van der Waals surface area (Å²) in [6.07, 6.45) is 0.826. The minimum absolute atomic E-state index is 0.0128. The molecule has 1 unspecified atom stereocenters. The third kappa shape index (κ3) is 5.04. The molecule has 0 bridgehead atoms. The van der Waals surface area contributed by atoms with Gasteiger partial charge in [0.25, 0.3) is 0 Å².